The fourth-order valence-corrected chi connectivity index (χ4v) is 1.65. The van der Waals surface area contributed by atoms with Gasteiger partial charge in [-0.15, -0.1) is 0 Å². The number of esters is 1. The fraction of sp³-hybridized carbons (Fsp3) is 0.500. The summed E-state index contributed by atoms with van der Waals surface area (Å²) < 4.78 is 10.4. The van der Waals surface area contributed by atoms with Crippen LogP contribution in [-0.4, -0.2) is 23.8 Å². The summed E-state index contributed by atoms with van der Waals surface area (Å²) in [5.41, 5.74) is 0.0146. The molecule has 0 spiro atoms. The van der Waals surface area contributed by atoms with Crippen LogP contribution in [-0.2, 0) is 14.3 Å². The number of benzene rings is 1. The van der Waals surface area contributed by atoms with Gasteiger partial charge in [0.05, 0.1) is 6.10 Å². The van der Waals surface area contributed by atoms with Crippen LogP contribution >= 0.6 is 0 Å². The van der Waals surface area contributed by atoms with E-state index in [0.717, 1.165) is 0 Å². The molecule has 0 aromatic heterocycles. The van der Waals surface area contributed by atoms with Gasteiger partial charge in [-0.2, -0.15) is 0 Å². The topological polar surface area (TPSA) is 64.6 Å². The van der Waals surface area contributed by atoms with E-state index in [1.807, 2.05) is 6.07 Å². The summed E-state index contributed by atoms with van der Waals surface area (Å²) >= 11 is 0. The quantitative estimate of drug-likeness (QED) is 0.866. The molecule has 0 unspecified atom stereocenters. The molecule has 0 saturated heterocycles. The minimum Gasteiger partial charge on any atom is -0.458 e. The molecule has 5 nitrogen and oxygen atoms in total. The van der Waals surface area contributed by atoms with Crippen molar-refractivity contribution in [3.05, 3.63) is 35.9 Å². The van der Waals surface area contributed by atoms with Crippen molar-refractivity contribution in [3.63, 3.8) is 0 Å². The zero-order chi connectivity index (χ0) is 16.0. The summed E-state index contributed by atoms with van der Waals surface area (Å²) in [5, 5.41) is 2.55. The van der Waals surface area contributed by atoms with E-state index in [-0.39, 0.29) is 6.10 Å². The Balaban J connectivity index is 2.90. The number of carbonyl (C=O) groups is 2. The molecular weight excluding hydrogens is 270 g/mol. The number of rotatable bonds is 4. The van der Waals surface area contributed by atoms with Gasteiger partial charge in [0.15, 0.2) is 6.04 Å². The molecule has 0 fully saturated rings. The van der Waals surface area contributed by atoms with Crippen LogP contribution in [0.25, 0.3) is 0 Å². The zero-order valence-electron chi connectivity index (χ0n) is 13.2. The fourth-order valence-electron chi connectivity index (χ4n) is 1.65. The number of nitrogens with one attached hydrogen (secondary N) is 1. The molecule has 1 atom stereocenters. The van der Waals surface area contributed by atoms with Crippen molar-refractivity contribution in [1.82, 2.24) is 5.32 Å². The van der Waals surface area contributed by atoms with E-state index in [0.29, 0.717) is 5.56 Å². The Hall–Kier alpha value is -2.04. The Morgan fingerprint density at radius 2 is 1.67 bits per heavy atom. The van der Waals surface area contributed by atoms with Gasteiger partial charge in [0.1, 0.15) is 5.60 Å². The van der Waals surface area contributed by atoms with E-state index < -0.39 is 23.7 Å². The highest BCUT2D eigenvalue weighted by Crippen LogP contribution is 2.18. The van der Waals surface area contributed by atoms with Crippen LogP contribution in [0.5, 0.6) is 0 Å². The molecule has 0 heterocycles. The summed E-state index contributed by atoms with van der Waals surface area (Å²) in [6, 6.07) is 8.04. The van der Waals surface area contributed by atoms with Crippen molar-refractivity contribution in [2.24, 2.45) is 0 Å². The van der Waals surface area contributed by atoms with Gasteiger partial charge in [0, 0.05) is 0 Å². The smallest absolute Gasteiger partial charge is 0.408 e. The first-order chi connectivity index (χ1) is 9.69. The molecule has 1 amide bonds. The van der Waals surface area contributed by atoms with Gasteiger partial charge in [-0.3, -0.25) is 0 Å². The number of hydrogen-bond acceptors (Lipinski definition) is 4. The molecule has 0 saturated carbocycles. The second-order valence-electron chi connectivity index (χ2n) is 5.98. The second-order valence-corrected chi connectivity index (χ2v) is 5.98. The lowest BCUT2D eigenvalue weighted by Crippen LogP contribution is -2.39. The van der Waals surface area contributed by atoms with Crippen molar-refractivity contribution in [1.29, 1.82) is 0 Å². The molecule has 1 aromatic carbocycles. The van der Waals surface area contributed by atoms with E-state index in [9.17, 15) is 9.59 Å². The van der Waals surface area contributed by atoms with Gasteiger partial charge in [-0.1, -0.05) is 30.3 Å². The van der Waals surface area contributed by atoms with E-state index in [2.05, 4.69) is 5.32 Å². The van der Waals surface area contributed by atoms with E-state index in [4.69, 9.17) is 9.47 Å². The van der Waals surface area contributed by atoms with Gasteiger partial charge >= 0.3 is 12.1 Å². The predicted molar refractivity (Wildman–Crippen MR) is 79.8 cm³/mol. The van der Waals surface area contributed by atoms with Crippen LogP contribution in [0, 0.1) is 0 Å². The molecule has 0 aliphatic carbocycles. The Morgan fingerprint density at radius 1 is 1.10 bits per heavy atom. The normalized spacial score (nSPS) is 12.7. The number of alkyl carbamates (subject to hydrolysis) is 1. The third-order valence-electron chi connectivity index (χ3n) is 2.38. The summed E-state index contributed by atoms with van der Waals surface area (Å²) in [4.78, 5) is 24.1. The standard InChI is InChI=1S/C16H23NO4/c1-11(2)20-15(19)17-13(12-9-7-6-8-10-12)14(18)21-16(3,4)5/h6-11,13H,1-5H3,(H,17,19)/t13-/m1/s1. The number of amides is 1. The third-order valence-corrected chi connectivity index (χ3v) is 2.38. The van der Waals surface area contributed by atoms with Crippen LogP contribution < -0.4 is 5.32 Å². The maximum Gasteiger partial charge on any atom is 0.408 e. The predicted octanol–water partition coefficient (Wildman–Crippen LogP) is 3.20. The van der Waals surface area contributed by atoms with E-state index in [1.54, 1.807) is 58.9 Å². The molecule has 116 valence electrons. The minimum absolute atomic E-state index is 0.264. The Kier molecular flexibility index (Phi) is 5.76. The molecule has 0 radical (unpaired) electrons. The van der Waals surface area contributed by atoms with Gasteiger partial charge < -0.3 is 14.8 Å². The van der Waals surface area contributed by atoms with E-state index >= 15 is 0 Å². The molecule has 1 N–H and O–H groups in total. The maximum atomic E-state index is 12.3. The van der Waals surface area contributed by atoms with Gasteiger partial charge in [0.25, 0.3) is 0 Å². The Morgan fingerprint density at radius 3 is 2.14 bits per heavy atom. The molecule has 1 aromatic rings. The summed E-state index contributed by atoms with van der Waals surface area (Å²) in [5.74, 6) is -0.519. The Bertz CT molecular complexity index is 477. The third kappa shape index (κ3) is 6.29. The van der Waals surface area contributed by atoms with Crippen molar-refractivity contribution < 1.29 is 19.1 Å². The first-order valence-electron chi connectivity index (χ1n) is 6.94. The molecule has 1 rings (SSSR count). The summed E-state index contributed by atoms with van der Waals surface area (Å²) in [6.07, 6.45) is -0.912. The van der Waals surface area contributed by atoms with E-state index in [1.165, 1.54) is 0 Å². The minimum atomic E-state index is -0.892. The molecule has 21 heavy (non-hydrogen) atoms. The van der Waals surface area contributed by atoms with Crippen molar-refractivity contribution in [2.75, 3.05) is 0 Å². The van der Waals surface area contributed by atoms with Crippen LogP contribution in [0.15, 0.2) is 30.3 Å². The average Bonchev–Trinajstić information content (AvgIpc) is 2.34. The molecule has 0 aliphatic heterocycles. The van der Waals surface area contributed by atoms with Crippen LogP contribution in [0.3, 0.4) is 0 Å². The lowest BCUT2D eigenvalue weighted by Gasteiger charge is -2.25. The molecular formula is C16H23NO4. The van der Waals surface area contributed by atoms with Crippen LogP contribution in [0.1, 0.15) is 46.2 Å². The highest BCUT2D eigenvalue weighted by Gasteiger charge is 2.28. The van der Waals surface area contributed by atoms with Gasteiger partial charge in [-0.25, -0.2) is 9.59 Å². The van der Waals surface area contributed by atoms with Gasteiger partial charge in [0.2, 0.25) is 0 Å². The largest absolute Gasteiger partial charge is 0.458 e. The second kappa shape index (κ2) is 7.11. The SMILES string of the molecule is CC(C)OC(=O)N[C@@H](C(=O)OC(C)(C)C)c1ccccc1. The average molecular weight is 293 g/mol. The summed E-state index contributed by atoms with van der Waals surface area (Å²) in [6.45, 7) is 8.81. The lowest BCUT2D eigenvalue weighted by molar-refractivity contribution is -0.157. The maximum absolute atomic E-state index is 12.3. The van der Waals surface area contributed by atoms with Gasteiger partial charge in [-0.05, 0) is 40.2 Å². The van der Waals surface area contributed by atoms with Crippen molar-refractivity contribution in [2.45, 2.75) is 52.4 Å². The van der Waals surface area contributed by atoms with Crippen molar-refractivity contribution >= 4 is 12.1 Å². The number of ether oxygens (including phenoxy) is 2. The highest BCUT2D eigenvalue weighted by molar-refractivity contribution is 5.83. The van der Waals surface area contributed by atoms with Crippen LogP contribution in [0.2, 0.25) is 0 Å². The first-order valence-corrected chi connectivity index (χ1v) is 6.94. The molecule has 0 aliphatic rings. The summed E-state index contributed by atoms with van der Waals surface area (Å²) in [7, 11) is 0. The number of hydrogen-bond donors (Lipinski definition) is 1. The first kappa shape index (κ1) is 17.0. The molecule has 5 heteroatoms. The number of carbonyl (C=O) groups excluding carboxylic acids is 2. The Labute approximate surface area is 125 Å². The zero-order valence-corrected chi connectivity index (χ0v) is 13.2. The lowest BCUT2D eigenvalue weighted by atomic mass is 10.1. The van der Waals surface area contributed by atoms with Crippen molar-refractivity contribution in [3.8, 4) is 0 Å². The van der Waals surface area contributed by atoms with Crippen LogP contribution in [0.4, 0.5) is 4.79 Å². The molecule has 0 bridgehead atoms. The highest BCUT2D eigenvalue weighted by atomic mass is 16.6. The monoisotopic (exact) mass is 293 g/mol.